The second-order valence-electron chi connectivity index (χ2n) is 3.13. The van der Waals surface area contributed by atoms with Crippen molar-refractivity contribution in [1.29, 1.82) is 0 Å². The predicted molar refractivity (Wildman–Crippen MR) is 43.3 cm³/mol. The number of allylic oxidation sites excluding steroid dienone is 1. The number of aliphatic carboxylic acids is 1. The molecule has 2 heteroatoms. The fourth-order valence-electron chi connectivity index (χ4n) is 1.75. The maximum atomic E-state index is 10.7. The van der Waals surface area contributed by atoms with Crippen LogP contribution in [0, 0.1) is 11.8 Å². The highest BCUT2D eigenvalue weighted by Crippen LogP contribution is 2.30. The molecule has 1 rings (SSSR count). The zero-order chi connectivity index (χ0) is 8.27. The van der Waals surface area contributed by atoms with Crippen molar-refractivity contribution in [2.75, 3.05) is 0 Å². The third kappa shape index (κ3) is 1.82. The molecule has 0 aromatic carbocycles. The summed E-state index contributed by atoms with van der Waals surface area (Å²) in [4.78, 5) is 10.7. The lowest BCUT2D eigenvalue weighted by Gasteiger charge is -2.25. The van der Waals surface area contributed by atoms with E-state index in [-0.39, 0.29) is 11.8 Å². The zero-order valence-corrected chi connectivity index (χ0v) is 6.62. The summed E-state index contributed by atoms with van der Waals surface area (Å²) in [7, 11) is 0. The number of hydrogen-bond acceptors (Lipinski definition) is 1. The first-order valence-corrected chi connectivity index (χ1v) is 4.11. The van der Waals surface area contributed by atoms with Gasteiger partial charge in [0.15, 0.2) is 0 Å². The Labute approximate surface area is 66.9 Å². The lowest BCUT2D eigenvalue weighted by molar-refractivity contribution is -0.144. The van der Waals surface area contributed by atoms with E-state index >= 15 is 0 Å². The van der Waals surface area contributed by atoms with Crippen LogP contribution in [0.15, 0.2) is 12.7 Å². The minimum absolute atomic E-state index is 0.166. The lowest BCUT2D eigenvalue weighted by Crippen LogP contribution is -2.25. The molecule has 0 radical (unpaired) electrons. The minimum Gasteiger partial charge on any atom is -0.481 e. The van der Waals surface area contributed by atoms with Crippen LogP contribution in [0.2, 0.25) is 0 Å². The average molecular weight is 154 g/mol. The molecule has 0 spiro atoms. The molecular formula is C9H14O2. The first-order chi connectivity index (χ1) is 5.25. The summed E-state index contributed by atoms with van der Waals surface area (Å²) in [5.41, 5.74) is 0. The van der Waals surface area contributed by atoms with Crippen LogP contribution in [-0.4, -0.2) is 11.1 Å². The van der Waals surface area contributed by atoms with E-state index in [0.29, 0.717) is 0 Å². The Morgan fingerprint density at radius 3 is 2.55 bits per heavy atom. The van der Waals surface area contributed by atoms with Gasteiger partial charge >= 0.3 is 5.97 Å². The molecule has 0 aliphatic heterocycles. The third-order valence-electron chi connectivity index (χ3n) is 2.44. The normalized spacial score (nSPS) is 31.3. The molecule has 11 heavy (non-hydrogen) atoms. The van der Waals surface area contributed by atoms with Crippen LogP contribution in [0.5, 0.6) is 0 Å². The first-order valence-electron chi connectivity index (χ1n) is 4.11. The Kier molecular flexibility index (Phi) is 2.69. The Morgan fingerprint density at radius 1 is 1.45 bits per heavy atom. The van der Waals surface area contributed by atoms with Crippen molar-refractivity contribution < 1.29 is 9.90 Å². The fraction of sp³-hybridized carbons (Fsp3) is 0.667. The van der Waals surface area contributed by atoms with E-state index in [1.807, 2.05) is 0 Å². The highest BCUT2D eigenvalue weighted by molar-refractivity contribution is 5.70. The molecule has 0 bridgehead atoms. The molecule has 2 nitrogen and oxygen atoms in total. The number of carboxylic acids is 1. The van der Waals surface area contributed by atoms with E-state index in [9.17, 15) is 4.79 Å². The molecule has 1 fully saturated rings. The van der Waals surface area contributed by atoms with Crippen LogP contribution < -0.4 is 0 Å². The van der Waals surface area contributed by atoms with Crippen molar-refractivity contribution in [2.45, 2.75) is 25.7 Å². The van der Waals surface area contributed by atoms with Crippen molar-refractivity contribution >= 4 is 5.97 Å². The summed E-state index contributed by atoms with van der Waals surface area (Å²) in [5.74, 6) is -0.614. The summed E-state index contributed by atoms with van der Waals surface area (Å²) in [6.07, 6.45) is 5.83. The van der Waals surface area contributed by atoms with Gasteiger partial charge in [-0.2, -0.15) is 0 Å². The van der Waals surface area contributed by atoms with Gasteiger partial charge in [0.25, 0.3) is 0 Å². The summed E-state index contributed by atoms with van der Waals surface area (Å²) in [6, 6.07) is 0. The highest BCUT2D eigenvalue weighted by Gasteiger charge is 2.28. The van der Waals surface area contributed by atoms with Gasteiger partial charge in [0.1, 0.15) is 0 Å². The molecular weight excluding hydrogens is 140 g/mol. The molecule has 1 aliphatic carbocycles. The smallest absolute Gasteiger partial charge is 0.307 e. The van der Waals surface area contributed by atoms with Gasteiger partial charge in [0.05, 0.1) is 5.92 Å². The monoisotopic (exact) mass is 154 g/mol. The van der Waals surface area contributed by atoms with Crippen LogP contribution in [0.25, 0.3) is 0 Å². The van der Waals surface area contributed by atoms with Crippen molar-refractivity contribution in [2.24, 2.45) is 11.8 Å². The van der Waals surface area contributed by atoms with Crippen molar-refractivity contribution in [3.8, 4) is 0 Å². The lowest BCUT2D eigenvalue weighted by atomic mass is 9.79. The van der Waals surface area contributed by atoms with Crippen LogP contribution >= 0.6 is 0 Å². The molecule has 0 aromatic heterocycles. The van der Waals surface area contributed by atoms with E-state index in [0.717, 1.165) is 25.7 Å². The Bertz CT molecular complexity index is 163. The van der Waals surface area contributed by atoms with Gasteiger partial charge in [-0.15, -0.1) is 6.58 Å². The van der Waals surface area contributed by atoms with E-state index in [1.165, 1.54) is 0 Å². The molecule has 62 valence electrons. The van der Waals surface area contributed by atoms with Crippen LogP contribution in [0.4, 0.5) is 0 Å². The quantitative estimate of drug-likeness (QED) is 0.618. The summed E-state index contributed by atoms with van der Waals surface area (Å²) >= 11 is 0. The minimum atomic E-state index is -0.658. The molecule has 0 saturated heterocycles. The Balaban J connectivity index is 2.58. The topological polar surface area (TPSA) is 37.3 Å². The summed E-state index contributed by atoms with van der Waals surface area (Å²) in [6.45, 7) is 3.65. The first kappa shape index (κ1) is 8.31. The number of rotatable bonds is 2. The van der Waals surface area contributed by atoms with Crippen molar-refractivity contribution in [1.82, 2.24) is 0 Å². The second kappa shape index (κ2) is 3.56. The van der Waals surface area contributed by atoms with E-state index < -0.39 is 5.97 Å². The maximum absolute atomic E-state index is 10.7. The van der Waals surface area contributed by atoms with Gasteiger partial charge in [-0.3, -0.25) is 4.79 Å². The van der Waals surface area contributed by atoms with Crippen molar-refractivity contribution in [3.05, 3.63) is 12.7 Å². The molecule has 1 saturated carbocycles. The zero-order valence-electron chi connectivity index (χ0n) is 6.62. The molecule has 0 amide bonds. The van der Waals surface area contributed by atoms with Crippen LogP contribution in [0.1, 0.15) is 25.7 Å². The molecule has 0 unspecified atom stereocenters. The average Bonchev–Trinajstić information content (AvgIpc) is 2.04. The largest absolute Gasteiger partial charge is 0.481 e. The van der Waals surface area contributed by atoms with Gasteiger partial charge in [-0.05, 0) is 18.8 Å². The summed E-state index contributed by atoms with van der Waals surface area (Å²) in [5, 5.41) is 8.79. The van der Waals surface area contributed by atoms with Gasteiger partial charge in [0.2, 0.25) is 0 Å². The van der Waals surface area contributed by atoms with Gasteiger partial charge in [0, 0.05) is 0 Å². The van der Waals surface area contributed by atoms with E-state index in [1.54, 1.807) is 6.08 Å². The standard InChI is InChI=1S/C9H14O2/c1-2-7-5-3-4-6-8(7)9(10)11/h2,7-8H,1,3-6H2,(H,10,11)/t7-,8-/m0/s1. The molecule has 2 atom stereocenters. The summed E-state index contributed by atoms with van der Waals surface area (Å²) < 4.78 is 0. The van der Waals surface area contributed by atoms with Gasteiger partial charge < -0.3 is 5.11 Å². The van der Waals surface area contributed by atoms with Crippen LogP contribution in [-0.2, 0) is 4.79 Å². The Hall–Kier alpha value is -0.790. The Morgan fingerprint density at radius 2 is 2.09 bits per heavy atom. The van der Waals surface area contributed by atoms with Crippen LogP contribution in [0.3, 0.4) is 0 Å². The number of hydrogen-bond donors (Lipinski definition) is 1. The molecule has 1 N–H and O–H groups in total. The van der Waals surface area contributed by atoms with E-state index in [2.05, 4.69) is 6.58 Å². The molecule has 1 aliphatic rings. The van der Waals surface area contributed by atoms with Gasteiger partial charge in [-0.1, -0.05) is 18.9 Å². The predicted octanol–water partition coefficient (Wildman–Crippen LogP) is 2.06. The molecule has 0 heterocycles. The van der Waals surface area contributed by atoms with E-state index in [4.69, 9.17) is 5.11 Å². The fourth-order valence-corrected chi connectivity index (χ4v) is 1.75. The third-order valence-corrected chi connectivity index (χ3v) is 2.44. The molecule has 0 aromatic rings. The van der Waals surface area contributed by atoms with Gasteiger partial charge in [-0.25, -0.2) is 0 Å². The SMILES string of the molecule is C=C[C@H]1CCCC[C@@H]1C(=O)O. The maximum Gasteiger partial charge on any atom is 0.307 e. The second-order valence-corrected chi connectivity index (χ2v) is 3.13. The number of carbonyl (C=O) groups is 1. The number of carboxylic acid groups (broad SMARTS) is 1. The van der Waals surface area contributed by atoms with Crippen molar-refractivity contribution in [3.63, 3.8) is 0 Å². The highest BCUT2D eigenvalue weighted by atomic mass is 16.4.